The Bertz CT molecular complexity index is 1150. The van der Waals surface area contributed by atoms with Gasteiger partial charge in [-0.1, -0.05) is 55.5 Å². The van der Waals surface area contributed by atoms with Crippen LogP contribution in [0.1, 0.15) is 35.1 Å². The molecule has 1 fully saturated rings. The maximum absolute atomic E-state index is 13.7. The van der Waals surface area contributed by atoms with Gasteiger partial charge in [0.25, 0.3) is 0 Å². The Morgan fingerprint density at radius 1 is 0.793 bits per heavy atom. The van der Waals surface area contributed by atoms with E-state index in [1.165, 1.54) is 29.2 Å². The largest absolute Gasteiger partial charge is 0.274 e. The third-order valence-electron chi connectivity index (χ3n) is 7.13. The predicted molar refractivity (Wildman–Crippen MR) is 107 cm³/mol. The topological polar surface area (TPSA) is 37.4 Å². The van der Waals surface area contributed by atoms with Crippen LogP contribution in [0.4, 0.5) is 10.1 Å². The molecule has 0 saturated carbocycles. The molecule has 4 aliphatic rings. The first-order valence-corrected chi connectivity index (χ1v) is 9.85. The standard InChI is InChI=1S/C25H18FNO2/c1-25-18-8-4-2-6-16(18)20(17-7-3-5-9-19(17)25)21-22(25)24(29)27(23(21)28)15-12-10-14(26)11-13-15/h2-13,20-22H,1H3/t20?,21-,22-,25?/m1/s1. The van der Waals surface area contributed by atoms with Crippen molar-refractivity contribution in [3.05, 3.63) is 101 Å². The fraction of sp³-hybridized carbons (Fsp3) is 0.200. The van der Waals surface area contributed by atoms with E-state index in [9.17, 15) is 14.0 Å². The van der Waals surface area contributed by atoms with Gasteiger partial charge in [0.05, 0.1) is 17.5 Å². The van der Waals surface area contributed by atoms with E-state index in [-0.39, 0.29) is 17.7 Å². The Hall–Kier alpha value is -3.27. The highest BCUT2D eigenvalue weighted by atomic mass is 19.1. The fourth-order valence-electron chi connectivity index (χ4n) is 6.00. The molecule has 3 aromatic rings. The molecular formula is C25H18FNO2. The van der Waals surface area contributed by atoms with Gasteiger partial charge >= 0.3 is 0 Å². The molecule has 2 atom stereocenters. The van der Waals surface area contributed by atoms with Gasteiger partial charge < -0.3 is 0 Å². The van der Waals surface area contributed by atoms with Crippen LogP contribution in [-0.4, -0.2) is 11.8 Å². The van der Waals surface area contributed by atoms with Crippen LogP contribution >= 0.6 is 0 Å². The van der Waals surface area contributed by atoms with E-state index in [0.717, 1.165) is 22.3 Å². The summed E-state index contributed by atoms with van der Waals surface area (Å²) in [4.78, 5) is 28.5. The fourth-order valence-corrected chi connectivity index (χ4v) is 6.00. The molecule has 0 spiro atoms. The number of carbonyl (C=O) groups is 2. The molecular weight excluding hydrogens is 365 g/mol. The number of rotatable bonds is 1. The van der Waals surface area contributed by atoms with E-state index in [1.54, 1.807) is 0 Å². The van der Waals surface area contributed by atoms with E-state index >= 15 is 0 Å². The van der Waals surface area contributed by atoms with Gasteiger partial charge in [0.1, 0.15) is 5.82 Å². The van der Waals surface area contributed by atoms with Crippen LogP contribution in [0.25, 0.3) is 0 Å². The average molecular weight is 383 g/mol. The molecule has 0 radical (unpaired) electrons. The molecule has 3 aromatic carbocycles. The molecule has 2 amide bonds. The van der Waals surface area contributed by atoms with Crippen molar-refractivity contribution >= 4 is 17.5 Å². The first-order chi connectivity index (χ1) is 14.0. The maximum Gasteiger partial charge on any atom is 0.238 e. The summed E-state index contributed by atoms with van der Waals surface area (Å²) in [5, 5.41) is 0. The number of nitrogens with zero attached hydrogens (tertiary/aromatic N) is 1. The third-order valence-corrected chi connectivity index (χ3v) is 7.13. The molecule has 1 aliphatic heterocycles. The monoisotopic (exact) mass is 383 g/mol. The molecule has 142 valence electrons. The van der Waals surface area contributed by atoms with Gasteiger partial charge in [-0.15, -0.1) is 0 Å². The number of carbonyl (C=O) groups excluding carboxylic acids is 2. The molecule has 1 heterocycles. The molecule has 0 N–H and O–H groups in total. The van der Waals surface area contributed by atoms with Crippen LogP contribution in [0.2, 0.25) is 0 Å². The minimum absolute atomic E-state index is 0.142. The highest BCUT2D eigenvalue weighted by molar-refractivity contribution is 6.23. The van der Waals surface area contributed by atoms with Gasteiger partial charge in [0.15, 0.2) is 0 Å². The van der Waals surface area contributed by atoms with Crippen LogP contribution in [-0.2, 0) is 15.0 Å². The summed E-state index contributed by atoms with van der Waals surface area (Å²) in [5.74, 6) is -1.82. The van der Waals surface area contributed by atoms with E-state index in [4.69, 9.17) is 0 Å². The second kappa shape index (κ2) is 5.41. The van der Waals surface area contributed by atoms with Crippen molar-refractivity contribution in [3.8, 4) is 0 Å². The smallest absolute Gasteiger partial charge is 0.238 e. The molecule has 3 aliphatic carbocycles. The summed E-state index contributed by atoms with van der Waals surface area (Å²) in [6.07, 6.45) is 0. The highest BCUT2D eigenvalue weighted by Gasteiger charge is 2.66. The quantitative estimate of drug-likeness (QED) is 0.584. The van der Waals surface area contributed by atoms with Crippen molar-refractivity contribution in [1.82, 2.24) is 0 Å². The van der Waals surface area contributed by atoms with Crippen molar-refractivity contribution in [2.75, 3.05) is 4.90 Å². The Kier molecular flexibility index (Phi) is 3.11. The van der Waals surface area contributed by atoms with Crippen molar-refractivity contribution in [2.24, 2.45) is 11.8 Å². The van der Waals surface area contributed by atoms with E-state index in [2.05, 4.69) is 31.2 Å². The third kappa shape index (κ3) is 1.87. The van der Waals surface area contributed by atoms with Crippen molar-refractivity contribution in [2.45, 2.75) is 18.3 Å². The minimum Gasteiger partial charge on any atom is -0.274 e. The number of hydrogen-bond donors (Lipinski definition) is 0. The summed E-state index contributed by atoms with van der Waals surface area (Å²) in [7, 11) is 0. The lowest BCUT2D eigenvalue weighted by molar-refractivity contribution is -0.123. The minimum atomic E-state index is -0.575. The number of anilines is 1. The summed E-state index contributed by atoms with van der Waals surface area (Å²) in [5.41, 5.74) is 4.40. The second-order valence-corrected chi connectivity index (χ2v) is 8.35. The molecule has 1 saturated heterocycles. The Balaban J connectivity index is 1.61. The van der Waals surface area contributed by atoms with Crippen LogP contribution < -0.4 is 4.90 Å². The summed E-state index contributed by atoms with van der Waals surface area (Å²) >= 11 is 0. The van der Waals surface area contributed by atoms with Crippen LogP contribution in [0.5, 0.6) is 0 Å². The zero-order valence-electron chi connectivity index (χ0n) is 15.8. The average Bonchev–Trinajstić information content (AvgIpc) is 3.01. The first-order valence-electron chi connectivity index (χ1n) is 9.85. The first kappa shape index (κ1) is 16.7. The van der Waals surface area contributed by atoms with Crippen molar-refractivity contribution < 1.29 is 14.0 Å². The van der Waals surface area contributed by atoms with E-state index < -0.39 is 23.1 Å². The van der Waals surface area contributed by atoms with Gasteiger partial charge in [0.2, 0.25) is 11.8 Å². The predicted octanol–water partition coefficient (Wildman–Crippen LogP) is 4.40. The number of amides is 2. The van der Waals surface area contributed by atoms with Crippen LogP contribution in [0, 0.1) is 17.7 Å². The van der Waals surface area contributed by atoms with Gasteiger partial charge in [-0.25, -0.2) is 9.29 Å². The number of benzene rings is 3. The molecule has 3 nitrogen and oxygen atoms in total. The van der Waals surface area contributed by atoms with Gasteiger partial charge in [0, 0.05) is 11.3 Å². The molecule has 0 unspecified atom stereocenters. The molecule has 7 rings (SSSR count). The van der Waals surface area contributed by atoms with Crippen molar-refractivity contribution in [3.63, 3.8) is 0 Å². The van der Waals surface area contributed by atoms with Gasteiger partial charge in [-0.05, 0) is 46.5 Å². The normalized spacial score (nSPS) is 28.9. The van der Waals surface area contributed by atoms with Gasteiger partial charge in [-0.2, -0.15) is 0 Å². The van der Waals surface area contributed by atoms with E-state index in [1.807, 2.05) is 24.3 Å². The summed E-state index contributed by atoms with van der Waals surface area (Å²) in [6.45, 7) is 2.09. The Morgan fingerprint density at radius 3 is 1.93 bits per heavy atom. The zero-order chi connectivity index (χ0) is 19.9. The maximum atomic E-state index is 13.7. The SMILES string of the molecule is CC12c3ccccc3C(c3ccccc31)[C@H]1C(=O)N(c3ccc(F)cc3)C(=O)[C@@H]12. The number of halogens is 1. The van der Waals surface area contributed by atoms with Crippen LogP contribution in [0.3, 0.4) is 0 Å². The summed E-state index contributed by atoms with van der Waals surface area (Å²) in [6, 6.07) is 21.9. The van der Waals surface area contributed by atoms with E-state index in [0.29, 0.717) is 5.69 Å². The number of imide groups is 1. The second-order valence-electron chi connectivity index (χ2n) is 8.35. The van der Waals surface area contributed by atoms with Crippen molar-refractivity contribution in [1.29, 1.82) is 0 Å². The Labute approximate surface area is 167 Å². The zero-order valence-corrected chi connectivity index (χ0v) is 15.8. The summed E-state index contributed by atoms with van der Waals surface area (Å²) < 4.78 is 13.4. The lowest BCUT2D eigenvalue weighted by Gasteiger charge is -2.52. The number of hydrogen-bond acceptors (Lipinski definition) is 2. The van der Waals surface area contributed by atoms with Crippen LogP contribution in [0.15, 0.2) is 72.8 Å². The lowest BCUT2D eigenvalue weighted by Crippen LogP contribution is -2.51. The molecule has 29 heavy (non-hydrogen) atoms. The lowest BCUT2D eigenvalue weighted by atomic mass is 9.48. The molecule has 4 heteroatoms. The van der Waals surface area contributed by atoms with Gasteiger partial charge in [-0.3, -0.25) is 9.59 Å². The molecule has 2 bridgehead atoms. The Morgan fingerprint density at radius 2 is 1.34 bits per heavy atom. The molecule has 0 aromatic heterocycles. The highest BCUT2D eigenvalue weighted by Crippen LogP contribution is 2.64.